The molecule has 0 amide bonds. The van der Waals surface area contributed by atoms with Gasteiger partial charge >= 0.3 is 0 Å². The van der Waals surface area contributed by atoms with Crippen molar-refractivity contribution in [3.63, 3.8) is 0 Å². The second-order valence-corrected chi connectivity index (χ2v) is 5.88. The molecular weight excluding hydrogens is 242 g/mol. The number of aliphatic hydroxyl groups excluding tert-OH is 1. The van der Waals surface area contributed by atoms with E-state index in [1.54, 1.807) is 7.11 Å². The van der Waals surface area contributed by atoms with Gasteiger partial charge in [-0.2, -0.15) is 0 Å². The van der Waals surface area contributed by atoms with Crippen molar-refractivity contribution in [3.05, 3.63) is 23.8 Å². The molecule has 1 spiro atoms. The molecule has 4 heteroatoms. The van der Waals surface area contributed by atoms with Gasteiger partial charge in [0, 0.05) is 37.1 Å². The summed E-state index contributed by atoms with van der Waals surface area (Å²) in [6.45, 7) is 3.06. The van der Waals surface area contributed by atoms with E-state index in [1.807, 2.05) is 18.2 Å². The summed E-state index contributed by atoms with van der Waals surface area (Å²) in [6, 6.07) is 6.13. The molecule has 2 aliphatic rings. The third kappa shape index (κ3) is 2.09. The molecule has 1 N–H and O–H groups in total. The summed E-state index contributed by atoms with van der Waals surface area (Å²) in [7, 11) is 3.75. The Kier molecular flexibility index (Phi) is 2.95. The van der Waals surface area contributed by atoms with E-state index in [9.17, 15) is 5.11 Å². The number of ether oxygens (including phenoxy) is 2. The van der Waals surface area contributed by atoms with Gasteiger partial charge in [-0.15, -0.1) is 0 Å². The van der Waals surface area contributed by atoms with Gasteiger partial charge in [-0.3, -0.25) is 4.90 Å². The molecule has 0 aliphatic carbocycles. The molecule has 2 heterocycles. The monoisotopic (exact) mass is 263 g/mol. The molecule has 0 saturated carbocycles. The van der Waals surface area contributed by atoms with Crippen molar-refractivity contribution in [3.8, 4) is 11.5 Å². The minimum absolute atomic E-state index is 0.257. The molecule has 3 rings (SSSR count). The Labute approximate surface area is 113 Å². The summed E-state index contributed by atoms with van der Waals surface area (Å²) in [5, 5.41) is 10.4. The molecule has 1 aromatic rings. The third-order valence-electron chi connectivity index (χ3n) is 4.43. The van der Waals surface area contributed by atoms with Gasteiger partial charge in [-0.1, -0.05) is 0 Å². The zero-order chi connectivity index (χ0) is 13.6. The van der Waals surface area contributed by atoms with E-state index in [0.29, 0.717) is 12.5 Å². The van der Waals surface area contributed by atoms with E-state index in [1.165, 1.54) is 0 Å². The summed E-state index contributed by atoms with van der Waals surface area (Å²) in [5.74, 6) is 1.53. The number of fused-ring (bicyclic) bond motifs is 1. The first-order valence-electron chi connectivity index (χ1n) is 6.78. The zero-order valence-electron chi connectivity index (χ0n) is 11.7. The molecule has 0 bridgehead atoms. The molecule has 0 radical (unpaired) electrons. The van der Waals surface area contributed by atoms with Crippen molar-refractivity contribution in [2.24, 2.45) is 0 Å². The van der Waals surface area contributed by atoms with Crippen LogP contribution in [0.3, 0.4) is 0 Å². The van der Waals surface area contributed by atoms with Gasteiger partial charge in [0.15, 0.2) is 0 Å². The van der Waals surface area contributed by atoms with Gasteiger partial charge < -0.3 is 14.6 Å². The average molecular weight is 263 g/mol. The number of aliphatic hydroxyl groups is 1. The molecule has 4 nitrogen and oxygen atoms in total. The van der Waals surface area contributed by atoms with Crippen molar-refractivity contribution in [1.29, 1.82) is 0 Å². The summed E-state index contributed by atoms with van der Waals surface area (Å²) >= 11 is 0. The van der Waals surface area contributed by atoms with Gasteiger partial charge in [0.1, 0.15) is 17.1 Å². The number of hydrogen-bond acceptors (Lipinski definition) is 4. The maximum absolute atomic E-state index is 10.4. The molecule has 0 aromatic heterocycles. The van der Waals surface area contributed by atoms with E-state index in [-0.39, 0.29) is 5.60 Å². The van der Waals surface area contributed by atoms with Crippen molar-refractivity contribution in [1.82, 2.24) is 4.90 Å². The topological polar surface area (TPSA) is 41.9 Å². The van der Waals surface area contributed by atoms with Crippen LogP contribution in [0.15, 0.2) is 18.2 Å². The minimum atomic E-state index is -0.451. The van der Waals surface area contributed by atoms with Crippen LogP contribution in [0.5, 0.6) is 11.5 Å². The fourth-order valence-electron chi connectivity index (χ4n) is 3.33. The molecule has 1 fully saturated rings. The summed E-state index contributed by atoms with van der Waals surface area (Å²) in [6.07, 6.45) is 1.17. The van der Waals surface area contributed by atoms with Crippen molar-refractivity contribution in [2.75, 3.05) is 20.7 Å². The van der Waals surface area contributed by atoms with Crippen LogP contribution in [0.25, 0.3) is 0 Å². The molecule has 1 saturated heterocycles. The van der Waals surface area contributed by atoms with Gasteiger partial charge in [0.25, 0.3) is 0 Å². The quantitative estimate of drug-likeness (QED) is 0.841. The maximum atomic E-state index is 10.4. The fraction of sp³-hybridized carbons (Fsp3) is 0.600. The van der Waals surface area contributed by atoms with E-state index >= 15 is 0 Å². The maximum Gasteiger partial charge on any atom is 0.129 e. The number of hydrogen-bond donors (Lipinski definition) is 1. The highest BCUT2D eigenvalue weighted by Crippen LogP contribution is 2.45. The van der Waals surface area contributed by atoms with Crippen LogP contribution < -0.4 is 9.47 Å². The first-order valence-corrected chi connectivity index (χ1v) is 6.78. The van der Waals surface area contributed by atoms with Crippen LogP contribution in [0.2, 0.25) is 0 Å². The fourth-order valence-corrected chi connectivity index (χ4v) is 3.33. The lowest BCUT2D eigenvalue weighted by molar-refractivity contribution is -0.00625. The Morgan fingerprint density at radius 3 is 2.84 bits per heavy atom. The van der Waals surface area contributed by atoms with Crippen molar-refractivity contribution in [2.45, 2.75) is 37.5 Å². The summed E-state index contributed by atoms with van der Waals surface area (Å²) in [5.41, 5.74) is 0.612. The van der Waals surface area contributed by atoms with Crippen LogP contribution in [0.1, 0.15) is 31.4 Å². The highest BCUT2D eigenvalue weighted by Gasteiger charge is 2.47. The Balaban J connectivity index is 1.94. The predicted molar refractivity (Wildman–Crippen MR) is 72.6 cm³/mol. The molecular formula is C15H21NO3. The standard InChI is InChI=1S/C15H21NO3/c1-10-7-15(9-16(10)2)8-13(17)12-5-4-11(18-3)6-14(12)19-15/h4-6,10,13,17H,7-9H2,1-3H3/t10?,13-,15?/m0/s1. The Bertz CT molecular complexity index is 478. The van der Waals surface area contributed by atoms with E-state index < -0.39 is 6.10 Å². The largest absolute Gasteiger partial charge is 0.497 e. The number of rotatable bonds is 1. The minimum Gasteiger partial charge on any atom is -0.497 e. The van der Waals surface area contributed by atoms with E-state index in [4.69, 9.17) is 9.47 Å². The van der Waals surface area contributed by atoms with Crippen LogP contribution in [-0.2, 0) is 0 Å². The number of methoxy groups -OCH3 is 1. The number of benzene rings is 1. The zero-order valence-corrected chi connectivity index (χ0v) is 11.7. The lowest BCUT2D eigenvalue weighted by Crippen LogP contribution is -2.43. The molecule has 19 heavy (non-hydrogen) atoms. The van der Waals surface area contributed by atoms with E-state index in [0.717, 1.165) is 30.0 Å². The van der Waals surface area contributed by atoms with Crippen LogP contribution >= 0.6 is 0 Å². The van der Waals surface area contributed by atoms with Crippen molar-refractivity contribution >= 4 is 0 Å². The van der Waals surface area contributed by atoms with Crippen LogP contribution in [0, 0.1) is 0 Å². The average Bonchev–Trinajstić information content (AvgIpc) is 2.63. The Morgan fingerprint density at radius 1 is 1.42 bits per heavy atom. The molecule has 104 valence electrons. The van der Waals surface area contributed by atoms with Gasteiger partial charge in [0.05, 0.1) is 13.2 Å². The lowest BCUT2D eigenvalue weighted by atomic mass is 9.87. The molecule has 3 atom stereocenters. The highest BCUT2D eigenvalue weighted by atomic mass is 16.5. The molecule has 2 unspecified atom stereocenters. The Morgan fingerprint density at radius 2 is 2.21 bits per heavy atom. The number of likely N-dealkylation sites (N-methyl/N-ethyl adjacent to an activating group) is 1. The first kappa shape index (κ1) is 12.8. The highest BCUT2D eigenvalue weighted by molar-refractivity contribution is 5.44. The summed E-state index contributed by atoms with van der Waals surface area (Å²) < 4.78 is 11.5. The van der Waals surface area contributed by atoms with Crippen LogP contribution in [0.4, 0.5) is 0 Å². The second kappa shape index (κ2) is 4.39. The lowest BCUT2D eigenvalue weighted by Gasteiger charge is -2.38. The summed E-state index contributed by atoms with van der Waals surface area (Å²) in [4.78, 5) is 2.29. The van der Waals surface area contributed by atoms with Crippen molar-refractivity contribution < 1.29 is 14.6 Å². The molecule has 1 aromatic carbocycles. The van der Waals surface area contributed by atoms with Gasteiger partial charge in [0.2, 0.25) is 0 Å². The smallest absolute Gasteiger partial charge is 0.129 e. The van der Waals surface area contributed by atoms with Gasteiger partial charge in [-0.05, 0) is 26.1 Å². The van der Waals surface area contributed by atoms with Crippen LogP contribution in [-0.4, -0.2) is 42.4 Å². The Hall–Kier alpha value is -1.26. The number of nitrogens with zero attached hydrogens (tertiary/aromatic N) is 1. The molecule has 2 aliphatic heterocycles. The van der Waals surface area contributed by atoms with E-state index in [2.05, 4.69) is 18.9 Å². The third-order valence-corrected chi connectivity index (χ3v) is 4.43. The second-order valence-electron chi connectivity index (χ2n) is 5.88. The predicted octanol–water partition coefficient (Wildman–Crippen LogP) is 1.97. The number of likely N-dealkylation sites (tertiary alicyclic amines) is 1. The normalized spacial score (nSPS) is 34.1. The first-order chi connectivity index (χ1) is 9.03. The van der Waals surface area contributed by atoms with Gasteiger partial charge in [-0.25, -0.2) is 0 Å². The SMILES string of the molecule is COc1ccc2c(c1)OC1(CC(C)N(C)C1)C[C@@H]2O.